The van der Waals surface area contributed by atoms with Gasteiger partial charge in [0.2, 0.25) is 0 Å². The maximum Gasteiger partial charge on any atom is 0.146 e. The Morgan fingerprint density at radius 1 is 1.10 bits per heavy atom. The first-order valence-corrected chi connectivity index (χ1v) is 7.59. The van der Waals surface area contributed by atoms with Crippen LogP contribution in [0.4, 0.5) is 0 Å². The Hall–Kier alpha value is -1.51. The van der Waals surface area contributed by atoms with Gasteiger partial charge in [0.05, 0.1) is 12.0 Å². The van der Waals surface area contributed by atoms with Crippen LogP contribution in [0.3, 0.4) is 0 Å². The van der Waals surface area contributed by atoms with Crippen molar-refractivity contribution in [1.82, 2.24) is 0 Å². The highest BCUT2D eigenvalue weighted by Crippen LogP contribution is 2.45. The molecule has 0 bridgehead atoms. The third-order valence-corrected chi connectivity index (χ3v) is 4.38. The fourth-order valence-electron chi connectivity index (χ4n) is 2.87. The summed E-state index contributed by atoms with van der Waals surface area (Å²) in [4.78, 5) is 11.9. The summed E-state index contributed by atoms with van der Waals surface area (Å²) < 4.78 is 11.5. The molecule has 0 aromatic heterocycles. The van der Waals surface area contributed by atoms with Crippen LogP contribution in [0.15, 0.2) is 24.3 Å². The number of hydrogen-bond acceptors (Lipinski definition) is 3. The second kappa shape index (κ2) is 6.29. The highest BCUT2D eigenvalue weighted by atomic mass is 16.5. The Kier molecular flexibility index (Phi) is 4.69. The van der Waals surface area contributed by atoms with Gasteiger partial charge in [-0.15, -0.1) is 0 Å². The molecule has 1 aromatic carbocycles. The molecule has 0 heterocycles. The van der Waals surface area contributed by atoms with Crippen molar-refractivity contribution in [2.24, 2.45) is 5.41 Å². The lowest BCUT2D eigenvalue weighted by atomic mass is 9.61. The fraction of sp³-hybridized carbons (Fsp3) is 0.588. The molecular weight excluding hydrogens is 252 g/mol. The number of benzene rings is 1. The minimum Gasteiger partial charge on any atom is -0.494 e. The number of carbonyl (C=O) groups is 1. The summed E-state index contributed by atoms with van der Waals surface area (Å²) in [6, 6.07) is 7.68. The molecule has 3 nitrogen and oxygen atoms in total. The lowest BCUT2D eigenvalue weighted by Gasteiger charge is -2.46. The Bertz CT molecular complexity index is 446. The van der Waals surface area contributed by atoms with Crippen LogP contribution in [-0.2, 0) is 4.79 Å². The lowest BCUT2D eigenvalue weighted by Crippen LogP contribution is -2.56. The minimum absolute atomic E-state index is 0.0208. The normalized spacial score (nSPS) is 20.4. The molecule has 0 saturated heterocycles. The van der Waals surface area contributed by atoms with Gasteiger partial charge in [0.25, 0.3) is 0 Å². The highest BCUT2D eigenvalue weighted by molar-refractivity contribution is 5.92. The van der Waals surface area contributed by atoms with E-state index in [2.05, 4.69) is 20.8 Å². The van der Waals surface area contributed by atoms with Crippen molar-refractivity contribution in [1.29, 1.82) is 0 Å². The van der Waals surface area contributed by atoms with Crippen molar-refractivity contribution in [3.63, 3.8) is 0 Å². The van der Waals surface area contributed by atoms with E-state index in [1.54, 1.807) is 0 Å². The lowest BCUT2D eigenvalue weighted by molar-refractivity contribution is -0.153. The summed E-state index contributed by atoms with van der Waals surface area (Å²) in [7, 11) is 0. The zero-order chi connectivity index (χ0) is 14.6. The first-order valence-electron chi connectivity index (χ1n) is 7.59. The zero-order valence-corrected chi connectivity index (χ0v) is 12.6. The van der Waals surface area contributed by atoms with Crippen molar-refractivity contribution in [3.05, 3.63) is 24.3 Å². The predicted octanol–water partition coefficient (Wildman–Crippen LogP) is 4.00. The third kappa shape index (κ3) is 2.67. The number of hydrogen-bond donors (Lipinski definition) is 0. The van der Waals surface area contributed by atoms with E-state index in [1.165, 1.54) is 0 Å². The second-order valence-corrected chi connectivity index (χ2v) is 5.42. The van der Waals surface area contributed by atoms with E-state index in [1.807, 2.05) is 24.3 Å². The van der Waals surface area contributed by atoms with Crippen LogP contribution >= 0.6 is 0 Å². The van der Waals surface area contributed by atoms with Gasteiger partial charge in [-0.25, -0.2) is 0 Å². The molecule has 1 aliphatic rings. The monoisotopic (exact) mass is 276 g/mol. The van der Waals surface area contributed by atoms with E-state index in [9.17, 15) is 4.79 Å². The van der Waals surface area contributed by atoms with Gasteiger partial charge in [0.1, 0.15) is 23.4 Å². The molecule has 1 fully saturated rings. The Balaban J connectivity index is 1.98. The quantitative estimate of drug-likeness (QED) is 0.755. The molecule has 3 heteroatoms. The van der Waals surface area contributed by atoms with Gasteiger partial charge in [-0.05, 0) is 43.5 Å². The molecule has 1 unspecified atom stereocenters. The first kappa shape index (κ1) is 14.9. The molecule has 0 aliphatic heterocycles. The molecule has 0 spiro atoms. The van der Waals surface area contributed by atoms with Crippen LogP contribution in [-0.4, -0.2) is 18.5 Å². The zero-order valence-electron chi connectivity index (χ0n) is 12.6. The maximum absolute atomic E-state index is 11.9. The van der Waals surface area contributed by atoms with E-state index in [4.69, 9.17) is 9.47 Å². The van der Waals surface area contributed by atoms with Crippen molar-refractivity contribution in [3.8, 4) is 11.5 Å². The van der Waals surface area contributed by atoms with Crippen LogP contribution < -0.4 is 9.47 Å². The average Bonchev–Trinajstić information content (AvgIpc) is 2.47. The molecular formula is C17H24O3. The molecule has 0 radical (unpaired) electrons. The van der Waals surface area contributed by atoms with Crippen LogP contribution in [0.5, 0.6) is 11.5 Å². The molecule has 0 amide bonds. The van der Waals surface area contributed by atoms with E-state index < -0.39 is 0 Å². The minimum atomic E-state index is -0.266. The molecule has 1 aromatic rings. The standard InChI is InChI=1S/C17H24O3/c1-4-11-19-13-7-9-14(10-8-13)20-16-12-15(18)17(16,5-2)6-3/h7-10,16H,4-6,11-12H2,1-3H3. The highest BCUT2D eigenvalue weighted by Gasteiger charge is 2.53. The maximum atomic E-state index is 11.9. The van der Waals surface area contributed by atoms with Crippen molar-refractivity contribution >= 4 is 5.78 Å². The Labute approximate surface area is 121 Å². The molecule has 0 N–H and O–H groups in total. The van der Waals surface area contributed by atoms with Gasteiger partial charge in [-0.2, -0.15) is 0 Å². The van der Waals surface area contributed by atoms with Crippen molar-refractivity contribution in [2.45, 2.75) is 52.6 Å². The summed E-state index contributed by atoms with van der Waals surface area (Å²) in [5, 5.41) is 0. The smallest absolute Gasteiger partial charge is 0.146 e. The number of Topliss-reactive ketones (excluding diaryl/α,β-unsaturated/α-hetero) is 1. The third-order valence-electron chi connectivity index (χ3n) is 4.38. The van der Waals surface area contributed by atoms with Gasteiger partial charge in [0.15, 0.2) is 0 Å². The van der Waals surface area contributed by atoms with E-state index in [-0.39, 0.29) is 11.5 Å². The molecule has 2 rings (SSSR count). The Morgan fingerprint density at radius 3 is 2.20 bits per heavy atom. The van der Waals surface area contributed by atoms with E-state index in [0.717, 1.165) is 37.4 Å². The van der Waals surface area contributed by atoms with E-state index in [0.29, 0.717) is 12.2 Å². The van der Waals surface area contributed by atoms with Crippen LogP contribution in [0.25, 0.3) is 0 Å². The largest absolute Gasteiger partial charge is 0.494 e. The molecule has 1 aliphatic carbocycles. The summed E-state index contributed by atoms with van der Waals surface area (Å²) >= 11 is 0. The van der Waals surface area contributed by atoms with Gasteiger partial charge in [-0.1, -0.05) is 20.8 Å². The average molecular weight is 276 g/mol. The van der Waals surface area contributed by atoms with E-state index >= 15 is 0 Å². The van der Waals surface area contributed by atoms with Gasteiger partial charge < -0.3 is 9.47 Å². The van der Waals surface area contributed by atoms with Crippen LogP contribution in [0.1, 0.15) is 46.5 Å². The molecule has 1 saturated carbocycles. The first-order chi connectivity index (χ1) is 9.66. The Morgan fingerprint density at radius 2 is 1.70 bits per heavy atom. The molecule has 1 atom stereocenters. The van der Waals surface area contributed by atoms with Gasteiger partial charge >= 0.3 is 0 Å². The number of ketones is 1. The molecule has 20 heavy (non-hydrogen) atoms. The summed E-state index contributed by atoms with van der Waals surface area (Å²) in [6.07, 6.45) is 3.26. The van der Waals surface area contributed by atoms with Crippen molar-refractivity contribution < 1.29 is 14.3 Å². The summed E-state index contributed by atoms with van der Waals surface area (Å²) in [5.41, 5.74) is -0.266. The summed E-state index contributed by atoms with van der Waals surface area (Å²) in [5.74, 6) is 2.02. The van der Waals surface area contributed by atoms with Gasteiger partial charge in [0, 0.05) is 6.42 Å². The van der Waals surface area contributed by atoms with Crippen molar-refractivity contribution in [2.75, 3.05) is 6.61 Å². The number of ether oxygens (including phenoxy) is 2. The second-order valence-electron chi connectivity index (χ2n) is 5.42. The number of carbonyl (C=O) groups excluding carboxylic acids is 1. The topological polar surface area (TPSA) is 35.5 Å². The predicted molar refractivity (Wildman–Crippen MR) is 79.3 cm³/mol. The molecule has 110 valence electrons. The van der Waals surface area contributed by atoms with Crippen LogP contribution in [0.2, 0.25) is 0 Å². The van der Waals surface area contributed by atoms with Gasteiger partial charge in [-0.3, -0.25) is 4.79 Å². The number of rotatable bonds is 7. The summed E-state index contributed by atoms with van der Waals surface area (Å²) in [6.45, 7) is 6.95. The fourth-order valence-corrected chi connectivity index (χ4v) is 2.87. The SMILES string of the molecule is CCCOc1ccc(OC2CC(=O)C2(CC)CC)cc1. The van der Waals surface area contributed by atoms with Crippen LogP contribution in [0, 0.1) is 5.41 Å².